The van der Waals surface area contributed by atoms with Crippen LogP contribution in [0.4, 0.5) is 0 Å². The van der Waals surface area contributed by atoms with Crippen LogP contribution in [0.15, 0.2) is 33.7 Å². The minimum Gasteiger partial charge on any atom is -0.492 e. The second-order valence-electron chi connectivity index (χ2n) is 6.51. The molecule has 3 rings (SSSR count). The summed E-state index contributed by atoms with van der Waals surface area (Å²) in [5, 5.41) is 3.41. The van der Waals surface area contributed by atoms with E-state index in [0.717, 1.165) is 49.0 Å². The number of nitrogens with one attached hydrogen (secondary N) is 1. The Kier molecular flexibility index (Phi) is 6.00. The van der Waals surface area contributed by atoms with E-state index in [1.54, 1.807) is 0 Å². The molecule has 0 aliphatic carbocycles. The van der Waals surface area contributed by atoms with Crippen molar-refractivity contribution in [2.24, 2.45) is 10.4 Å². The molecule has 1 N–H and O–H groups in total. The SMILES string of the molecule is CCNC(=NCCOc1ccc(Br)cc1)N1CCC2(CCOC2)C1. The van der Waals surface area contributed by atoms with Crippen molar-refractivity contribution in [1.82, 2.24) is 10.2 Å². The Bertz CT molecular complexity index is 556. The number of benzene rings is 1. The number of hydrogen-bond acceptors (Lipinski definition) is 3. The van der Waals surface area contributed by atoms with Crippen LogP contribution in [0.2, 0.25) is 0 Å². The highest BCUT2D eigenvalue weighted by atomic mass is 79.9. The molecule has 2 saturated heterocycles. The third-order valence-electron chi connectivity index (χ3n) is 4.69. The standard InChI is InChI=1S/C18H26BrN3O2/c1-2-20-17(22-10-7-18(13-22)8-11-23-14-18)21-9-12-24-16-5-3-15(19)4-6-16/h3-6H,2,7-14H2,1H3,(H,20,21). The number of aliphatic imine (C=N–C) groups is 1. The average Bonchev–Trinajstić information content (AvgIpc) is 3.22. The molecule has 1 aromatic carbocycles. The third kappa shape index (κ3) is 4.42. The van der Waals surface area contributed by atoms with Gasteiger partial charge >= 0.3 is 0 Å². The third-order valence-corrected chi connectivity index (χ3v) is 5.22. The molecule has 1 atom stereocenters. The number of nitrogens with zero attached hydrogens (tertiary/aromatic N) is 2. The summed E-state index contributed by atoms with van der Waals surface area (Å²) in [7, 11) is 0. The van der Waals surface area contributed by atoms with E-state index in [-0.39, 0.29) is 0 Å². The van der Waals surface area contributed by atoms with Crippen molar-refractivity contribution in [2.75, 3.05) is 46.0 Å². The van der Waals surface area contributed by atoms with Gasteiger partial charge in [-0.25, -0.2) is 4.99 Å². The summed E-state index contributed by atoms with van der Waals surface area (Å²) in [4.78, 5) is 7.11. The first-order chi connectivity index (χ1) is 11.7. The van der Waals surface area contributed by atoms with E-state index >= 15 is 0 Å². The fourth-order valence-corrected chi connectivity index (χ4v) is 3.62. The molecule has 2 aliphatic heterocycles. The van der Waals surface area contributed by atoms with E-state index in [9.17, 15) is 0 Å². The molecule has 0 saturated carbocycles. The highest BCUT2D eigenvalue weighted by molar-refractivity contribution is 9.10. The van der Waals surface area contributed by atoms with Gasteiger partial charge in [0, 0.05) is 36.1 Å². The molecular weight excluding hydrogens is 370 g/mol. The van der Waals surface area contributed by atoms with Crippen LogP contribution in [0.1, 0.15) is 19.8 Å². The van der Waals surface area contributed by atoms with E-state index in [4.69, 9.17) is 14.5 Å². The molecule has 1 unspecified atom stereocenters. The summed E-state index contributed by atoms with van der Waals surface area (Å²) < 4.78 is 12.4. The van der Waals surface area contributed by atoms with Crippen LogP contribution >= 0.6 is 15.9 Å². The molecule has 2 fully saturated rings. The van der Waals surface area contributed by atoms with E-state index in [0.29, 0.717) is 18.6 Å². The number of rotatable bonds is 5. The lowest BCUT2D eigenvalue weighted by Gasteiger charge is -2.25. The van der Waals surface area contributed by atoms with Gasteiger partial charge < -0.3 is 19.7 Å². The normalized spacial score (nSPS) is 23.9. The number of hydrogen-bond donors (Lipinski definition) is 1. The first-order valence-corrected chi connectivity index (χ1v) is 9.49. The number of guanidine groups is 1. The summed E-state index contributed by atoms with van der Waals surface area (Å²) in [5.74, 6) is 1.88. The molecule has 1 aromatic rings. The van der Waals surface area contributed by atoms with Crippen LogP contribution < -0.4 is 10.1 Å². The predicted molar refractivity (Wildman–Crippen MR) is 99.7 cm³/mol. The largest absolute Gasteiger partial charge is 0.492 e. The molecular formula is C18H26BrN3O2. The number of halogens is 1. The highest BCUT2D eigenvalue weighted by Crippen LogP contribution is 2.38. The second kappa shape index (κ2) is 8.21. The smallest absolute Gasteiger partial charge is 0.194 e. The van der Waals surface area contributed by atoms with Crippen molar-refractivity contribution in [1.29, 1.82) is 0 Å². The Morgan fingerprint density at radius 1 is 1.38 bits per heavy atom. The van der Waals surface area contributed by atoms with Crippen LogP contribution in [0.25, 0.3) is 0 Å². The summed E-state index contributed by atoms with van der Waals surface area (Å²) in [6.07, 6.45) is 2.38. The van der Waals surface area contributed by atoms with Crippen LogP contribution in [0.5, 0.6) is 5.75 Å². The lowest BCUT2D eigenvalue weighted by Crippen LogP contribution is -2.41. The number of likely N-dealkylation sites (tertiary alicyclic amines) is 1. The maximum absolute atomic E-state index is 5.75. The van der Waals surface area contributed by atoms with Crippen molar-refractivity contribution < 1.29 is 9.47 Å². The maximum atomic E-state index is 5.75. The topological polar surface area (TPSA) is 46.1 Å². The van der Waals surface area contributed by atoms with Gasteiger partial charge in [0.2, 0.25) is 0 Å². The molecule has 1 spiro atoms. The first kappa shape index (κ1) is 17.5. The molecule has 0 radical (unpaired) electrons. The Morgan fingerprint density at radius 3 is 2.92 bits per heavy atom. The predicted octanol–water partition coefficient (Wildman–Crippen LogP) is 2.91. The zero-order valence-electron chi connectivity index (χ0n) is 14.3. The van der Waals surface area contributed by atoms with Gasteiger partial charge in [0.15, 0.2) is 5.96 Å². The molecule has 0 amide bonds. The van der Waals surface area contributed by atoms with Crippen LogP contribution in [-0.4, -0.2) is 56.9 Å². The molecule has 24 heavy (non-hydrogen) atoms. The monoisotopic (exact) mass is 395 g/mol. The van der Waals surface area contributed by atoms with Gasteiger partial charge in [0.25, 0.3) is 0 Å². The molecule has 132 valence electrons. The van der Waals surface area contributed by atoms with Crippen LogP contribution in [-0.2, 0) is 4.74 Å². The average molecular weight is 396 g/mol. The lowest BCUT2D eigenvalue weighted by molar-refractivity contribution is 0.156. The Labute approximate surface area is 152 Å². The Balaban J connectivity index is 1.51. The molecule has 6 heteroatoms. The highest BCUT2D eigenvalue weighted by Gasteiger charge is 2.42. The number of ether oxygens (including phenoxy) is 2. The summed E-state index contributed by atoms with van der Waals surface area (Å²) in [6, 6.07) is 7.89. The van der Waals surface area contributed by atoms with E-state index < -0.39 is 0 Å². The van der Waals surface area contributed by atoms with Crippen molar-refractivity contribution in [3.8, 4) is 5.75 Å². The van der Waals surface area contributed by atoms with E-state index in [2.05, 4.69) is 33.1 Å². The van der Waals surface area contributed by atoms with E-state index in [1.165, 1.54) is 12.8 Å². The maximum Gasteiger partial charge on any atom is 0.194 e. The van der Waals surface area contributed by atoms with Crippen molar-refractivity contribution in [3.05, 3.63) is 28.7 Å². The second-order valence-corrected chi connectivity index (χ2v) is 7.43. The van der Waals surface area contributed by atoms with Gasteiger partial charge in [-0.1, -0.05) is 15.9 Å². The lowest BCUT2D eigenvalue weighted by atomic mass is 9.87. The summed E-state index contributed by atoms with van der Waals surface area (Å²) in [5.41, 5.74) is 0.351. The molecule has 0 aromatic heterocycles. The van der Waals surface area contributed by atoms with Gasteiger partial charge in [0.05, 0.1) is 13.2 Å². The van der Waals surface area contributed by atoms with Crippen LogP contribution in [0.3, 0.4) is 0 Å². The van der Waals surface area contributed by atoms with Gasteiger partial charge in [-0.15, -0.1) is 0 Å². The van der Waals surface area contributed by atoms with Crippen molar-refractivity contribution >= 4 is 21.9 Å². The molecule has 2 heterocycles. The Morgan fingerprint density at radius 2 is 2.21 bits per heavy atom. The van der Waals surface area contributed by atoms with Crippen molar-refractivity contribution in [2.45, 2.75) is 19.8 Å². The molecule has 0 bridgehead atoms. The van der Waals surface area contributed by atoms with Crippen molar-refractivity contribution in [3.63, 3.8) is 0 Å². The fourth-order valence-electron chi connectivity index (χ4n) is 3.36. The summed E-state index contributed by atoms with van der Waals surface area (Å²) >= 11 is 3.43. The summed E-state index contributed by atoms with van der Waals surface area (Å²) in [6.45, 7) is 8.13. The fraction of sp³-hybridized carbons (Fsp3) is 0.611. The molecule has 2 aliphatic rings. The van der Waals surface area contributed by atoms with Crippen LogP contribution in [0, 0.1) is 5.41 Å². The zero-order valence-corrected chi connectivity index (χ0v) is 15.8. The molecule has 5 nitrogen and oxygen atoms in total. The quantitative estimate of drug-likeness (QED) is 0.472. The minimum atomic E-state index is 0.351. The Hall–Kier alpha value is -1.27. The first-order valence-electron chi connectivity index (χ1n) is 8.70. The van der Waals surface area contributed by atoms with Gasteiger partial charge in [0.1, 0.15) is 12.4 Å². The van der Waals surface area contributed by atoms with Gasteiger partial charge in [-0.05, 0) is 44.0 Å². The van der Waals surface area contributed by atoms with E-state index in [1.807, 2.05) is 24.3 Å². The zero-order chi connectivity index (χ0) is 16.8. The van der Waals surface area contributed by atoms with Gasteiger partial charge in [-0.2, -0.15) is 0 Å². The minimum absolute atomic E-state index is 0.351. The van der Waals surface area contributed by atoms with Gasteiger partial charge in [-0.3, -0.25) is 0 Å².